The van der Waals surface area contributed by atoms with E-state index in [0.29, 0.717) is 0 Å². The molecule has 328 valence electrons. The third-order valence-electron chi connectivity index (χ3n) is 14.8. The Bertz CT molecular complexity index is 4110. The van der Waals surface area contributed by atoms with Crippen molar-refractivity contribution in [3.8, 4) is 28.2 Å². The number of rotatable bonds is 8. The van der Waals surface area contributed by atoms with Gasteiger partial charge in [0.15, 0.2) is 8.07 Å². The van der Waals surface area contributed by atoms with Crippen LogP contribution in [-0.2, 0) is 0 Å². The Morgan fingerprint density at radius 2 is 0.643 bits per heavy atom. The van der Waals surface area contributed by atoms with E-state index in [1.165, 1.54) is 86.3 Å². The van der Waals surface area contributed by atoms with Crippen molar-refractivity contribution >= 4 is 94.2 Å². The van der Waals surface area contributed by atoms with Crippen molar-refractivity contribution < 1.29 is 0 Å². The first-order valence-corrected chi connectivity index (χ1v) is 26.2. The van der Waals surface area contributed by atoms with E-state index in [-0.39, 0.29) is 0 Å². The number of fused-ring (bicyclic) bond motifs is 9. The van der Waals surface area contributed by atoms with Gasteiger partial charge in [0.1, 0.15) is 0 Å². The minimum absolute atomic E-state index is 1.12. The lowest BCUT2D eigenvalue weighted by Crippen LogP contribution is -2.74. The summed E-state index contributed by atoms with van der Waals surface area (Å²) in [5, 5.41) is 12.8. The molecule has 0 aliphatic heterocycles. The third kappa shape index (κ3) is 6.00. The maximum absolute atomic E-state index is 2.83. The summed E-state index contributed by atoms with van der Waals surface area (Å²) in [5.74, 6) is 0. The maximum Gasteiger partial charge on any atom is 0.179 e. The smallest absolute Gasteiger partial charge is 0.179 e. The number of para-hydroxylation sites is 3. The summed E-state index contributed by atoms with van der Waals surface area (Å²) >= 11 is 0. The summed E-state index contributed by atoms with van der Waals surface area (Å²) in [5.41, 5.74) is 12.9. The van der Waals surface area contributed by atoms with Crippen LogP contribution in [0.3, 0.4) is 0 Å². The summed E-state index contributed by atoms with van der Waals surface area (Å²) in [7, 11) is -2.83. The van der Waals surface area contributed by atoms with Crippen LogP contribution in [0.2, 0.25) is 0 Å². The lowest BCUT2D eigenvalue weighted by molar-refractivity contribution is 1.15. The van der Waals surface area contributed by atoms with E-state index < -0.39 is 8.07 Å². The van der Waals surface area contributed by atoms with E-state index in [2.05, 4.69) is 287 Å². The molecule has 0 saturated heterocycles. The summed E-state index contributed by atoms with van der Waals surface area (Å²) in [6, 6.07) is 101. The molecule has 0 amide bonds. The van der Waals surface area contributed by atoms with Crippen LogP contribution >= 0.6 is 0 Å². The minimum atomic E-state index is -2.83. The van der Waals surface area contributed by atoms with Crippen LogP contribution in [-0.4, -0.2) is 21.8 Å². The van der Waals surface area contributed by atoms with Gasteiger partial charge in [-0.15, -0.1) is 0 Å². The molecule has 0 bridgehead atoms. The van der Waals surface area contributed by atoms with Gasteiger partial charge in [-0.05, 0) is 92.5 Å². The van der Waals surface area contributed by atoms with Crippen LogP contribution in [0.15, 0.2) is 273 Å². The number of hydrogen-bond acceptors (Lipinski definition) is 0. The second kappa shape index (κ2) is 16.1. The maximum atomic E-state index is 2.52. The standard InChI is InChI=1S/C66H45N3Si/c1-5-20-46(21-6-1)47-36-38-48(39-37-47)67-62-34-19-35-63(69-60-32-17-14-28-54(60)55-29-15-18-33-61(55)69)66(62)58-42-40-49(44-64(58)67)68-59-31-16-13-30-56(59)57-43-41-53(45-65(57)68)70(50-22-7-2-8-23-50,51-24-9-3-10-25-51)52-26-11-4-12-27-52/h1-45H. The highest BCUT2D eigenvalue weighted by molar-refractivity contribution is 7.20. The molecule has 0 radical (unpaired) electrons. The predicted octanol–water partition coefficient (Wildman–Crippen LogP) is 14.0. The highest BCUT2D eigenvalue weighted by Crippen LogP contribution is 2.42. The Balaban J connectivity index is 1.06. The van der Waals surface area contributed by atoms with Gasteiger partial charge in [-0.1, -0.05) is 212 Å². The third-order valence-corrected chi connectivity index (χ3v) is 19.6. The Hall–Kier alpha value is -8.96. The van der Waals surface area contributed by atoms with Gasteiger partial charge < -0.3 is 13.7 Å². The fraction of sp³-hybridized carbons (Fsp3) is 0. The molecular weight excluding hydrogens is 863 g/mol. The summed E-state index contributed by atoms with van der Waals surface area (Å²) in [4.78, 5) is 0. The molecule has 3 heterocycles. The fourth-order valence-electron chi connectivity index (χ4n) is 11.8. The zero-order chi connectivity index (χ0) is 46.2. The van der Waals surface area contributed by atoms with Crippen LogP contribution in [0.4, 0.5) is 0 Å². The second-order valence-electron chi connectivity index (χ2n) is 18.4. The Labute approximate surface area is 407 Å². The Kier molecular flexibility index (Phi) is 9.23. The van der Waals surface area contributed by atoms with Gasteiger partial charge >= 0.3 is 0 Å². The van der Waals surface area contributed by atoms with E-state index in [1.54, 1.807) is 0 Å². The molecule has 3 nitrogen and oxygen atoms in total. The van der Waals surface area contributed by atoms with E-state index in [0.717, 1.165) is 28.1 Å². The van der Waals surface area contributed by atoms with Crippen molar-refractivity contribution in [1.29, 1.82) is 0 Å². The van der Waals surface area contributed by atoms with Gasteiger partial charge in [-0.3, -0.25) is 0 Å². The average molecular weight is 908 g/mol. The van der Waals surface area contributed by atoms with Crippen molar-refractivity contribution in [3.63, 3.8) is 0 Å². The molecule has 4 heteroatoms. The fourth-order valence-corrected chi connectivity index (χ4v) is 16.6. The SMILES string of the molecule is c1ccc(-c2ccc(-n3c4cc(-n5c6ccccc6c6ccc([Si](c7ccccc7)(c7ccccc7)c7ccccc7)cc65)ccc4c4c(-n5c6ccccc6c6ccccc65)cccc43)cc2)cc1. The van der Waals surface area contributed by atoms with Gasteiger partial charge in [0.2, 0.25) is 0 Å². The first-order valence-electron chi connectivity index (χ1n) is 24.2. The Morgan fingerprint density at radius 3 is 1.21 bits per heavy atom. The molecule has 0 saturated carbocycles. The van der Waals surface area contributed by atoms with Gasteiger partial charge in [0, 0.05) is 43.7 Å². The predicted molar refractivity (Wildman–Crippen MR) is 299 cm³/mol. The highest BCUT2D eigenvalue weighted by Gasteiger charge is 2.41. The zero-order valence-electron chi connectivity index (χ0n) is 38.3. The largest absolute Gasteiger partial charge is 0.309 e. The molecule has 11 aromatic carbocycles. The van der Waals surface area contributed by atoms with Crippen LogP contribution in [0.1, 0.15) is 0 Å². The second-order valence-corrected chi connectivity index (χ2v) is 22.2. The van der Waals surface area contributed by atoms with Crippen molar-refractivity contribution in [2.75, 3.05) is 0 Å². The van der Waals surface area contributed by atoms with E-state index >= 15 is 0 Å². The molecule has 14 aromatic rings. The van der Waals surface area contributed by atoms with Gasteiger partial charge in [-0.25, -0.2) is 0 Å². The van der Waals surface area contributed by atoms with E-state index in [4.69, 9.17) is 0 Å². The van der Waals surface area contributed by atoms with Crippen LogP contribution < -0.4 is 20.7 Å². The molecule has 0 fully saturated rings. The number of benzene rings is 11. The lowest BCUT2D eigenvalue weighted by atomic mass is 10.1. The van der Waals surface area contributed by atoms with E-state index in [9.17, 15) is 0 Å². The van der Waals surface area contributed by atoms with Crippen molar-refractivity contribution in [1.82, 2.24) is 13.7 Å². The quantitative estimate of drug-likeness (QED) is 0.107. The number of aromatic nitrogens is 3. The normalized spacial score (nSPS) is 12.0. The van der Waals surface area contributed by atoms with Crippen LogP contribution in [0.5, 0.6) is 0 Å². The minimum Gasteiger partial charge on any atom is -0.309 e. The molecule has 0 atom stereocenters. The number of nitrogens with zero attached hydrogens (tertiary/aromatic N) is 3. The van der Waals surface area contributed by atoms with Gasteiger partial charge in [0.05, 0.1) is 38.8 Å². The molecule has 0 spiro atoms. The van der Waals surface area contributed by atoms with Gasteiger partial charge in [-0.2, -0.15) is 0 Å². The highest BCUT2D eigenvalue weighted by atomic mass is 28.3. The zero-order valence-corrected chi connectivity index (χ0v) is 39.3. The molecule has 0 unspecified atom stereocenters. The topological polar surface area (TPSA) is 14.8 Å². The molecule has 0 aliphatic rings. The molecule has 70 heavy (non-hydrogen) atoms. The van der Waals surface area contributed by atoms with Crippen LogP contribution in [0, 0.1) is 0 Å². The summed E-state index contributed by atoms with van der Waals surface area (Å²) in [6.07, 6.45) is 0. The monoisotopic (exact) mass is 907 g/mol. The summed E-state index contributed by atoms with van der Waals surface area (Å²) in [6.45, 7) is 0. The summed E-state index contributed by atoms with van der Waals surface area (Å²) < 4.78 is 7.47. The first-order chi connectivity index (χ1) is 34.8. The molecule has 3 aromatic heterocycles. The van der Waals surface area contributed by atoms with Crippen molar-refractivity contribution in [2.24, 2.45) is 0 Å². The van der Waals surface area contributed by atoms with Crippen LogP contribution in [0.25, 0.3) is 93.6 Å². The van der Waals surface area contributed by atoms with Crippen molar-refractivity contribution in [3.05, 3.63) is 273 Å². The molecule has 14 rings (SSSR count). The average Bonchev–Trinajstić information content (AvgIpc) is 4.08. The molecular formula is C66H45N3Si. The Morgan fingerprint density at radius 1 is 0.229 bits per heavy atom. The van der Waals surface area contributed by atoms with Crippen molar-refractivity contribution in [2.45, 2.75) is 0 Å². The van der Waals surface area contributed by atoms with Gasteiger partial charge in [0.25, 0.3) is 0 Å². The molecule has 0 aliphatic carbocycles. The number of hydrogen-bond donors (Lipinski definition) is 0. The first kappa shape index (κ1) is 40.1. The lowest BCUT2D eigenvalue weighted by Gasteiger charge is -2.34. The molecule has 0 N–H and O–H groups in total. The van der Waals surface area contributed by atoms with E-state index in [1.807, 2.05) is 0 Å².